The van der Waals surface area contributed by atoms with E-state index < -0.39 is 6.04 Å². The summed E-state index contributed by atoms with van der Waals surface area (Å²) in [5.74, 6) is -0.147. The predicted molar refractivity (Wildman–Crippen MR) is 93.4 cm³/mol. The maximum absolute atomic E-state index is 12.2. The first-order valence-corrected chi connectivity index (χ1v) is 7.65. The highest BCUT2D eigenvalue weighted by atomic mass is 35.5. The number of anilines is 1. The van der Waals surface area contributed by atoms with Crippen molar-refractivity contribution < 1.29 is 4.79 Å². The molecule has 0 aliphatic heterocycles. The fourth-order valence-corrected chi connectivity index (χ4v) is 2.73. The Kier molecular flexibility index (Phi) is 4.55. The number of nitrogens with one attached hydrogen (secondary N) is 1. The van der Waals surface area contributed by atoms with Crippen molar-refractivity contribution in [2.24, 2.45) is 5.73 Å². The molecule has 5 heteroatoms. The Bertz CT molecular complexity index is 850. The van der Waals surface area contributed by atoms with Crippen LogP contribution in [0, 0.1) is 0 Å². The number of nitrogens with two attached hydrogens (primary N) is 1. The van der Waals surface area contributed by atoms with Crippen molar-refractivity contribution in [3.63, 3.8) is 0 Å². The fraction of sp³-hybridized carbons (Fsp3) is 0.111. The lowest BCUT2D eigenvalue weighted by atomic mass is 10.0. The second-order valence-corrected chi connectivity index (χ2v) is 5.73. The third kappa shape index (κ3) is 3.67. The normalized spacial score (nSPS) is 12.1. The summed E-state index contributed by atoms with van der Waals surface area (Å²) >= 11 is 6.11. The van der Waals surface area contributed by atoms with E-state index in [2.05, 4.69) is 10.3 Å². The Morgan fingerprint density at radius 3 is 2.83 bits per heavy atom. The van der Waals surface area contributed by atoms with E-state index >= 15 is 0 Å². The van der Waals surface area contributed by atoms with Crippen molar-refractivity contribution in [1.82, 2.24) is 4.98 Å². The van der Waals surface area contributed by atoms with Crippen molar-refractivity contribution in [1.29, 1.82) is 0 Å². The number of hydrogen-bond acceptors (Lipinski definition) is 3. The number of nitrogens with zero attached hydrogens (tertiary/aromatic N) is 1. The molecule has 0 spiro atoms. The number of halogens is 1. The minimum absolute atomic E-state index is 0.147. The third-order valence-electron chi connectivity index (χ3n) is 3.63. The van der Waals surface area contributed by atoms with Gasteiger partial charge in [0.1, 0.15) is 0 Å². The van der Waals surface area contributed by atoms with E-state index in [9.17, 15) is 4.79 Å². The lowest BCUT2D eigenvalue weighted by Gasteiger charge is -2.14. The quantitative estimate of drug-likeness (QED) is 0.764. The molecule has 2 aromatic carbocycles. The number of carbonyl (C=O) groups is 1. The highest BCUT2D eigenvalue weighted by Crippen LogP contribution is 2.24. The lowest BCUT2D eigenvalue weighted by molar-refractivity contribution is -0.116. The van der Waals surface area contributed by atoms with Gasteiger partial charge in [0.05, 0.1) is 0 Å². The predicted octanol–water partition coefficient (Wildman–Crippen LogP) is 3.92. The summed E-state index contributed by atoms with van der Waals surface area (Å²) in [5, 5.41) is 5.49. The Hall–Kier alpha value is -2.43. The fourth-order valence-electron chi connectivity index (χ4n) is 2.46. The van der Waals surface area contributed by atoms with Crippen molar-refractivity contribution in [2.45, 2.75) is 12.5 Å². The molecule has 0 aliphatic carbocycles. The van der Waals surface area contributed by atoms with Gasteiger partial charge < -0.3 is 11.1 Å². The molecule has 0 bridgehead atoms. The van der Waals surface area contributed by atoms with E-state index in [1.165, 1.54) is 0 Å². The average molecular weight is 326 g/mol. The van der Waals surface area contributed by atoms with E-state index in [1.54, 1.807) is 18.5 Å². The SMILES string of the molecule is NC(CC(=O)Nc1ccc2cnccc2c1)c1ccccc1Cl. The van der Waals surface area contributed by atoms with Gasteiger partial charge in [0.2, 0.25) is 5.91 Å². The zero-order valence-electron chi connectivity index (χ0n) is 12.4. The minimum atomic E-state index is -0.437. The van der Waals surface area contributed by atoms with E-state index in [0.717, 1.165) is 22.0 Å². The molecule has 3 N–H and O–H groups in total. The summed E-state index contributed by atoms with van der Waals surface area (Å²) in [6, 6.07) is 14.5. The van der Waals surface area contributed by atoms with Gasteiger partial charge in [-0.15, -0.1) is 0 Å². The summed E-state index contributed by atoms with van der Waals surface area (Å²) in [4.78, 5) is 16.3. The van der Waals surface area contributed by atoms with Crippen LogP contribution in [0.5, 0.6) is 0 Å². The van der Waals surface area contributed by atoms with Gasteiger partial charge in [-0.05, 0) is 35.2 Å². The smallest absolute Gasteiger partial charge is 0.226 e. The number of amides is 1. The summed E-state index contributed by atoms with van der Waals surface area (Å²) in [7, 11) is 0. The number of fused-ring (bicyclic) bond motifs is 1. The molecular formula is C18H16ClN3O. The van der Waals surface area contributed by atoms with Crippen LogP contribution in [0.2, 0.25) is 5.02 Å². The summed E-state index contributed by atoms with van der Waals surface area (Å²) in [6.07, 6.45) is 3.67. The van der Waals surface area contributed by atoms with Crippen LogP contribution in [0.15, 0.2) is 60.9 Å². The first-order chi connectivity index (χ1) is 11.1. The van der Waals surface area contributed by atoms with Crippen molar-refractivity contribution in [3.8, 4) is 0 Å². The Balaban J connectivity index is 1.69. The molecule has 0 radical (unpaired) electrons. The maximum atomic E-state index is 12.2. The largest absolute Gasteiger partial charge is 0.326 e. The third-order valence-corrected chi connectivity index (χ3v) is 3.98. The number of benzene rings is 2. The number of aromatic nitrogens is 1. The van der Waals surface area contributed by atoms with Gasteiger partial charge >= 0.3 is 0 Å². The van der Waals surface area contributed by atoms with Crippen molar-refractivity contribution in [2.75, 3.05) is 5.32 Å². The van der Waals surface area contributed by atoms with Gasteiger partial charge in [-0.1, -0.05) is 35.9 Å². The van der Waals surface area contributed by atoms with Gasteiger partial charge in [-0.3, -0.25) is 9.78 Å². The number of hydrogen-bond donors (Lipinski definition) is 2. The first kappa shape index (κ1) is 15.5. The van der Waals surface area contributed by atoms with E-state index in [1.807, 2.05) is 42.5 Å². The van der Waals surface area contributed by atoms with Gasteiger partial charge in [-0.25, -0.2) is 0 Å². The van der Waals surface area contributed by atoms with Crippen LogP contribution in [0.4, 0.5) is 5.69 Å². The van der Waals surface area contributed by atoms with Gasteiger partial charge in [-0.2, -0.15) is 0 Å². The molecule has 23 heavy (non-hydrogen) atoms. The van der Waals surface area contributed by atoms with E-state index in [0.29, 0.717) is 5.02 Å². The summed E-state index contributed by atoms with van der Waals surface area (Å²) in [5.41, 5.74) is 7.60. The van der Waals surface area contributed by atoms with Crippen LogP contribution in [0.25, 0.3) is 10.8 Å². The Morgan fingerprint density at radius 1 is 1.17 bits per heavy atom. The van der Waals surface area contributed by atoms with Gasteiger partial charge in [0, 0.05) is 41.0 Å². The highest BCUT2D eigenvalue weighted by Gasteiger charge is 2.14. The molecule has 116 valence electrons. The van der Waals surface area contributed by atoms with E-state index in [-0.39, 0.29) is 12.3 Å². The summed E-state index contributed by atoms with van der Waals surface area (Å²) in [6.45, 7) is 0. The second kappa shape index (κ2) is 6.77. The lowest BCUT2D eigenvalue weighted by Crippen LogP contribution is -2.20. The molecule has 1 aromatic heterocycles. The number of rotatable bonds is 4. The average Bonchev–Trinajstić information content (AvgIpc) is 2.55. The standard InChI is InChI=1S/C18H16ClN3O/c19-16-4-2-1-3-15(16)17(20)10-18(23)22-14-6-5-13-11-21-8-7-12(13)9-14/h1-9,11,17H,10,20H2,(H,22,23). The molecule has 0 aliphatic rings. The van der Waals surface area contributed by atoms with Crippen LogP contribution < -0.4 is 11.1 Å². The van der Waals surface area contributed by atoms with Crippen molar-refractivity contribution in [3.05, 3.63) is 71.5 Å². The van der Waals surface area contributed by atoms with Gasteiger partial charge in [0.15, 0.2) is 0 Å². The zero-order chi connectivity index (χ0) is 16.2. The maximum Gasteiger partial charge on any atom is 0.226 e. The van der Waals surface area contributed by atoms with Crippen LogP contribution in [-0.4, -0.2) is 10.9 Å². The molecule has 0 saturated carbocycles. The van der Waals surface area contributed by atoms with Crippen LogP contribution >= 0.6 is 11.6 Å². The Labute approximate surface area is 139 Å². The number of carbonyl (C=O) groups excluding carboxylic acids is 1. The molecular weight excluding hydrogens is 310 g/mol. The molecule has 0 saturated heterocycles. The van der Waals surface area contributed by atoms with Gasteiger partial charge in [0.25, 0.3) is 0 Å². The first-order valence-electron chi connectivity index (χ1n) is 7.27. The molecule has 3 aromatic rings. The van der Waals surface area contributed by atoms with Crippen molar-refractivity contribution >= 4 is 34.0 Å². The molecule has 1 atom stereocenters. The molecule has 0 fully saturated rings. The van der Waals surface area contributed by atoms with Crippen LogP contribution in [0.1, 0.15) is 18.0 Å². The zero-order valence-corrected chi connectivity index (χ0v) is 13.1. The molecule has 1 heterocycles. The number of pyridine rings is 1. The second-order valence-electron chi connectivity index (χ2n) is 5.32. The van der Waals surface area contributed by atoms with Crippen LogP contribution in [-0.2, 0) is 4.79 Å². The minimum Gasteiger partial charge on any atom is -0.326 e. The van der Waals surface area contributed by atoms with E-state index in [4.69, 9.17) is 17.3 Å². The topological polar surface area (TPSA) is 68.0 Å². The monoisotopic (exact) mass is 325 g/mol. The summed E-state index contributed by atoms with van der Waals surface area (Å²) < 4.78 is 0. The molecule has 4 nitrogen and oxygen atoms in total. The highest BCUT2D eigenvalue weighted by molar-refractivity contribution is 6.31. The Morgan fingerprint density at radius 2 is 2.00 bits per heavy atom. The molecule has 3 rings (SSSR count). The molecule has 1 unspecified atom stereocenters. The van der Waals surface area contributed by atoms with Crippen LogP contribution in [0.3, 0.4) is 0 Å². The molecule has 1 amide bonds.